The molecule has 1 aliphatic heterocycles. The van der Waals surface area contributed by atoms with E-state index in [-0.39, 0.29) is 23.2 Å². The molecule has 0 saturated heterocycles. The normalized spacial score (nSPS) is 13.6. The van der Waals surface area contributed by atoms with Crippen molar-refractivity contribution in [1.82, 2.24) is 24.5 Å². The van der Waals surface area contributed by atoms with E-state index in [1.165, 1.54) is 13.4 Å². The lowest BCUT2D eigenvalue weighted by molar-refractivity contribution is 0.0990. The standard InChI is InChI=1S/C20H17N7O3/c1-29-20-22-9-14(10-23-20)26-5-4-12-8-13(2-3-15(12)26)27-6-7-30-18-16(19(27)28)17(21)24-11-25-18/h2-5,8-11H,6-7H2,1H3,(H2,21,24,25). The lowest BCUT2D eigenvalue weighted by atomic mass is 10.2. The molecule has 1 aromatic carbocycles. The molecule has 0 saturated carbocycles. The van der Waals surface area contributed by atoms with Crippen LogP contribution in [0.25, 0.3) is 16.6 Å². The molecule has 150 valence electrons. The van der Waals surface area contributed by atoms with Gasteiger partial charge in [-0.3, -0.25) is 4.79 Å². The largest absolute Gasteiger partial charge is 0.475 e. The molecule has 1 amide bonds. The molecular weight excluding hydrogens is 386 g/mol. The summed E-state index contributed by atoms with van der Waals surface area (Å²) in [5.41, 5.74) is 8.59. The van der Waals surface area contributed by atoms with Gasteiger partial charge in [0.25, 0.3) is 5.91 Å². The first-order valence-electron chi connectivity index (χ1n) is 9.18. The zero-order valence-electron chi connectivity index (χ0n) is 16.0. The van der Waals surface area contributed by atoms with Gasteiger partial charge in [-0.2, -0.15) is 0 Å². The van der Waals surface area contributed by atoms with Crippen LogP contribution in [-0.4, -0.2) is 50.7 Å². The summed E-state index contributed by atoms with van der Waals surface area (Å²) >= 11 is 0. The van der Waals surface area contributed by atoms with Crippen molar-refractivity contribution in [2.45, 2.75) is 0 Å². The molecule has 3 aromatic heterocycles. The first-order chi connectivity index (χ1) is 14.7. The van der Waals surface area contributed by atoms with Gasteiger partial charge < -0.3 is 24.7 Å². The lowest BCUT2D eigenvalue weighted by Crippen LogP contribution is -2.32. The maximum atomic E-state index is 13.1. The predicted octanol–water partition coefficient (Wildman–Crippen LogP) is 1.84. The van der Waals surface area contributed by atoms with Crippen LogP contribution in [0.2, 0.25) is 0 Å². The van der Waals surface area contributed by atoms with Crippen molar-refractivity contribution in [2.24, 2.45) is 0 Å². The fraction of sp³-hybridized carbons (Fsp3) is 0.150. The Labute approximate surface area is 170 Å². The van der Waals surface area contributed by atoms with Crippen LogP contribution in [0.5, 0.6) is 11.9 Å². The monoisotopic (exact) mass is 403 g/mol. The topological polar surface area (TPSA) is 121 Å². The molecule has 5 rings (SSSR count). The molecule has 0 fully saturated rings. The number of hydrogen-bond acceptors (Lipinski definition) is 8. The van der Waals surface area contributed by atoms with E-state index < -0.39 is 0 Å². The number of aromatic nitrogens is 5. The predicted molar refractivity (Wildman–Crippen MR) is 109 cm³/mol. The van der Waals surface area contributed by atoms with Gasteiger partial charge in [0.1, 0.15) is 24.3 Å². The van der Waals surface area contributed by atoms with Gasteiger partial charge in [-0.05, 0) is 24.3 Å². The molecule has 2 N–H and O–H groups in total. The van der Waals surface area contributed by atoms with Crippen LogP contribution in [0.4, 0.5) is 11.5 Å². The van der Waals surface area contributed by atoms with E-state index in [4.69, 9.17) is 15.2 Å². The fourth-order valence-electron chi connectivity index (χ4n) is 3.47. The number of hydrogen-bond donors (Lipinski definition) is 1. The Balaban J connectivity index is 1.53. The maximum absolute atomic E-state index is 13.1. The maximum Gasteiger partial charge on any atom is 0.316 e. The number of nitrogens with zero attached hydrogens (tertiary/aromatic N) is 6. The van der Waals surface area contributed by atoms with E-state index in [1.54, 1.807) is 17.3 Å². The summed E-state index contributed by atoms with van der Waals surface area (Å²) in [6.45, 7) is 0.671. The highest BCUT2D eigenvalue weighted by molar-refractivity contribution is 6.11. The molecular formula is C20H17N7O3. The van der Waals surface area contributed by atoms with E-state index in [1.807, 2.05) is 35.0 Å². The van der Waals surface area contributed by atoms with E-state index in [0.717, 1.165) is 22.3 Å². The number of carbonyl (C=O) groups excluding carboxylic acids is 1. The second-order valence-electron chi connectivity index (χ2n) is 6.60. The summed E-state index contributed by atoms with van der Waals surface area (Å²) in [6, 6.07) is 8.04. The number of amides is 1. The minimum Gasteiger partial charge on any atom is -0.475 e. The van der Waals surface area contributed by atoms with Gasteiger partial charge in [0, 0.05) is 17.3 Å². The van der Waals surface area contributed by atoms with Gasteiger partial charge in [-0.25, -0.2) is 19.9 Å². The number of anilines is 2. The number of nitrogen functional groups attached to an aromatic ring is 1. The molecule has 0 spiro atoms. The third-order valence-corrected chi connectivity index (χ3v) is 4.92. The second-order valence-corrected chi connectivity index (χ2v) is 6.60. The number of fused-ring (bicyclic) bond motifs is 2. The van der Waals surface area contributed by atoms with Crippen molar-refractivity contribution >= 4 is 28.3 Å². The highest BCUT2D eigenvalue weighted by Crippen LogP contribution is 2.30. The van der Waals surface area contributed by atoms with Gasteiger partial charge in [0.2, 0.25) is 5.88 Å². The van der Waals surface area contributed by atoms with Crippen LogP contribution in [0, 0.1) is 0 Å². The smallest absolute Gasteiger partial charge is 0.316 e. The summed E-state index contributed by atoms with van der Waals surface area (Å²) < 4.78 is 12.6. The second kappa shape index (κ2) is 6.99. The summed E-state index contributed by atoms with van der Waals surface area (Å²) in [4.78, 5) is 31.0. The van der Waals surface area contributed by atoms with E-state index in [9.17, 15) is 4.79 Å². The molecule has 10 nitrogen and oxygen atoms in total. The van der Waals surface area contributed by atoms with Crippen LogP contribution < -0.4 is 20.1 Å². The minimum absolute atomic E-state index is 0.101. The quantitative estimate of drug-likeness (QED) is 0.550. The third kappa shape index (κ3) is 2.85. The number of methoxy groups -OCH3 is 1. The molecule has 30 heavy (non-hydrogen) atoms. The molecule has 0 radical (unpaired) electrons. The van der Waals surface area contributed by atoms with Crippen LogP contribution in [0.3, 0.4) is 0 Å². The zero-order valence-corrected chi connectivity index (χ0v) is 16.0. The van der Waals surface area contributed by atoms with E-state index in [2.05, 4.69) is 19.9 Å². The molecule has 1 aliphatic rings. The number of nitrogens with two attached hydrogens (primary N) is 1. The van der Waals surface area contributed by atoms with Crippen molar-refractivity contribution in [1.29, 1.82) is 0 Å². The van der Waals surface area contributed by atoms with Crippen LogP contribution in [-0.2, 0) is 0 Å². The Bertz CT molecular complexity index is 1250. The van der Waals surface area contributed by atoms with Crippen molar-refractivity contribution in [3.63, 3.8) is 0 Å². The minimum atomic E-state index is -0.289. The Morgan fingerprint density at radius 2 is 1.93 bits per heavy atom. The number of benzene rings is 1. The van der Waals surface area contributed by atoms with E-state index in [0.29, 0.717) is 19.2 Å². The van der Waals surface area contributed by atoms with Gasteiger partial charge in [0.15, 0.2) is 0 Å². The zero-order chi connectivity index (χ0) is 20.7. The molecule has 0 unspecified atom stereocenters. The lowest BCUT2D eigenvalue weighted by Gasteiger charge is -2.20. The van der Waals surface area contributed by atoms with Gasteiger partial charge in [-0.15, -0.1) is 0 Å². The van der Waals surface area contributed by atoms with Crippen molar-refractivity contribution < 1.29 is 14.3 Å². The number of carbonyl (C=O) groups is 1. The summed E-state index contributed by atoms with van der Waals surface area (Å²) in [5.74, 6) is 0.0216. The summed E-state index contributed by atoms with van der Waals surface area (Å²) in [7, 11) is 1.52. The molecule has 0 atom stereocenters. The molecule has 0 aliphatic carbocycles. The summed E-state index contributed by atoms with van der Waals surface area (Å²) in [5, 5.41) is 0.957. The first-order valence-corrected chi connectivity index (χ1v) is 9.18. The molecule has 10 heteroatoms. The average molecular weight is 403 g/mol. The molecule has 4 aromatic rings. The van der Waals surface area contributed by atoms with Gasteiger partial charge >= 0.3 is 6.01 Å². The number of ether oxygens (including phenoxy) is 2. The Morgan fingerprint density at radius 3 is 2.73 bits per heavy atom. The highest BCUT2D eigenvalue weighted by atomic mass is 16.5. The SMILES string of the molecule is COc1ncc(-n2ccc3cc(N4CCOc5ncnc(N)c5C4=O)ccc32)cn1. The van der Waals surface area contributed by atoms with Gasteiger partial charge in [-0.1, -0.05) is 0 Å². The third-order valence-electron chi connectivity index (χ3n) is 4.92. The Hall–Kier alpha value is -4.21. The Kier molecular flexibility index (Phi) is 4.16. The summed E-state index contributed by atoms with van der Waals surface area (Å²) in [6.07, 6.45) is 6.59. The first kappa shape index (κ1) is 17.9. The Morgan fingerprint density at radius 1 is 1.10 bits per heavy atom. The van der Waals surface area contributed by atoms with Crippen LogP contribution in [0.15, 0.2) is 49.2 Å². The van der Waals surface area contributed by atoms with Crippen molar-refractivity contribution in [3.05, 3.63) is 54.7 Å². The molecule has 4 heterocycles. The van der Waals surface area contributed by atoms with Crippen LogP contribution in [0.1, 0.15) is 10.4 Å². The average Bonchev–Trinajstić information content (AvgIpc) is 3.11. The highest BCUT2D eigenvalue weighted by Gasteiger charge is 2.28. The van der Waals surface area contributed by atoms with Crippen molar-refractivity contribution in [3.8, 4) is 17.6 Å². The van der Waals surface area contributed by atoms with Gasteiger partial charge in [0.05, 0.1) is 37.3 Å². The van der Waals surface area contributed by atoms with E-state index >= 15 is 0 Å². The number of rotatable bonds is 3. The van der Waals surface area contributed by atoms with Crippen LogP contribution >= 0.6 is 0 Å². The fourth-order valence-corrected chi connectivity index (χ4v) is 3.47. The molecule has 0 bridgehead atoms. The van der Waals surface area contributed by atoms with Crippen molar-refractivity contribution in [2.75, 3.05) is 30.9 Å².